The average Bonchev–Trinajstić information content (AvgIpc) is 2.35. The maximum atomic E-state index is 9.06. The molecule has 0 aliphatic rings. The van der Waals surface area contributed by atoms with Crippen LogP contribution in [0.2, 0.25) is 0 Å². The van der Waals surface area contributed by atoms with E-state index in [0.717, 1.165) is 17.7 Å². The molecule has 1 rings (SSSR count). The number of benzene rings is 1. The van der Waals surface area contributed by atoms with E-state index in [4.69, 9.17) is 9.84 Å². The van der Waals surface area contributed by atoms with E-state index in [1.54, 1.807) is 7.11 Å². The Balaban J connectivity index is 2.85. The second-order valence-corrected chi connectivity index (χ2v) is 3.95. The van der Waals surface area contributed by atoms with Crippen LogP contribution in [0.5, 0.6) is 5.75 Å². The van der Waals surface area contributed by atoms with E-state index >= 15 is 0 Å². The molecule has 0 saturated heterocycles. The van der Waals surface area contributed by atoms with Crippen LogP contribution in [-0.4, -0.2) is 24.9 Å². The maximum Gasteiger partial charge on any atom is 0.123 e. The van der Waals surface area contributed by atoms with Crippen LogP contribution in [0.4, 0.5) is 0 Å². The Hall–Kier alpha value is -1.06. The third-order valence-electron chi connectivity index (χ3n) is 2.68. The maximum absolute atomic E-state index is 9.06. The molecule has 1 aromatic rings. The lowest BCUT2D eigenvalue weighted by molar-refractivity contribution is 0.238. The number of aliphatic hydroxyl groups excluding tert-OH is 1. The lowest BCUT2D eigenvalue weighted by atomic mass is 10.0. The average molecular weight is 223 g/mol. The number of rotatable bonds is 6. The summed E-state index contributed by atoms with van der Waals surface area (Å²) >= 11 is 0. The largest absolute Gasteiger partial charge is 0.496 e. The van der Waals surface area contributed by atoms with Crippen molar-refractivity contribution in [2.75, 3.05) is 13.7 Å². The van der Waals surface area contributed by atoms with E-state index < -0.39 is 0 Å². The number of hydrogen-bond acceptors (Lipinski definition) is 3. The summed E-state index contributed by atoms with van der Waals surface area (Å²) in [4.78, 5) is 0. The highest BCUT2D eigenvalue weighted by Crippen LogP contribution is 2.26. The first kappa shape index (κ1) is 13.0. The molecule has 90 valence electrons. The molecule has 0 heterocycles. The van der Waals surface area contributed by atoms with Gasteiger partial charge in [0.1, 0.15) is 5.75 Å². The second-order valence-electron chi connectivity index (χ2n) is 3.95. The van der Waals surface area contributed by atoms with Crippen LogP contribution in [0.3, 0.4) is 0 Å². The summed E-state index contributed by atoms with van der Waals surface area (Å²) in [7, 11) is 1.68. The van der Waals surface area contributed by atoms with Gasteiger partial charge in [-0.15, -0.1) is 0 Å². The lowest BCUT2D eigenvalue weighted by Crippen LogP contribution is -2.33. The van der Waals surface area contributed by atoms with Gasteiger partial charge in [-0.25, -0.2) is 0 Å². The van der Waals surface area contributed by atoms with Gasteiger partial charge in [-0.3, -0.25) is 0 Å². The minimum absolute atomic E-state index is 0.0925. The molecule has 0 spiro atoms. The van der Waals surface area contributed by atoms with E-state index in [1.807, 2.05) is 25.1 Å². The summed E-state index contributed by atoms with van der Waals surface area (Å²) in [5.41, 5.74) is 1.15. The summed E-state index contributed by atoms with van der Waals surface area (Å²) in [6.07, 6.45) is 0.963. The molecule has 2 atom stereocenters. The van der Waals surface area contributed by atoms with E-state index in [2.05, 4.69) is 18.3 Å². The van der Waals surface area contributed by atoms with E-state index in [-0.39, 0.29) is 18.7 Å². The Morgan fingerprint density at radius 1 is 1.38 bits per heavy atom. The summed E-state index contributed by atoms with van der Waals surface area (Å²) in [6, 6.07) is 8.30. The quantitative estimate of drug-likeness (QED) is 0.776. The second kappa shape index (κ2) is 6.51. The normalized spacial score (nSPS) is 14.5. The van der Waals surface area contributed by atoms with Crippen molar-refractivity contribution in [1.82, 2.24) is 5.32 Å². The molecular formula is C13H21NO2. The van der Waals surface area contributed by atoms with Crippen molar-refractivity contribution in [3.63, 3.8) is 0 Å². The van der Waals surface area contributed by atoms with Crippen molar-refractivity contribution in [2.45, 2.75) is 32.4 Å². The van der Waals surface area contributed by atoms with Gasteiger partial charge in [0.2, 0.25) is 0 Å². The van der Waals surface area contributed by atoms with Gasteiger partial charge < -0.3 is 15.2 Å². The fraction of sp³-hybridized carbons (Fsp3) is 0.538. The Morgan fingerprint density at radius 2 is 2.06 bits per heavy atom. The van der Waals surface area contributed by atoms with Crippen LogP contribution in [-0.2, 0) is 0 Å². The number of nitrogens with one attached hydrogen (secondary N) is 1. The minimum Gasteiger partial charge on any atom is -0.496 e. The summed E-state index contributed by atoms with van der Waals surface area (Å²) in [6.45, 7) is 4.23. The molecule has 0 amide bonds. The highest BCUT2D eigenvalue weighted by Gasteiger charge is 2.15. The van der Waals surface area contributed by atoms with Gasteiger partial charge in [0, 0.05) is 17.6 Å². The van der Waals surface area contributed by atoms with Crippen molar-refractivity contribution in [3.8, 4) is 5.75 Å². The molecule has 1 aromatic carbocycles. The Bertz CT molecular complexity index is 315. The molecule has 0 radical (unpaired) electrons. The topological polar surface area (TPSA) is 41.5 Å². The molecule has 2 N–H and O–H groups in total. The predicted octanol–water partition coefficient (Wildman–Crippen LogP) is 2.12. The zero-order valence-corrected chi connectivity index (χ0v) is 10.2. The molecule has 2 unspecified atom stereocenters. The van der Waals surface area contributed by atoms with Crippen molar-refractivity contribution in [2.24, 2.45) is 0 Å². The fourth-order valence-corrected chi connectivity index (χ4v) is 1.78. The molecular weight excluding hydrogens is 202 g/mol. The number of ether oxygens (including phenoxy) is 1. The van der Waals surface area contributed by atoms with E-state index in [9.17, 15) is 0 Å². The molecule has 3 heteroatoms. The number of hydrogen-bond donors (Lipinski definition) is 2. The predicted molar refractivity (Wildman–Crippen MR) is 65.7 cm³/mol. The summed E-state index contributed by atoms with van der Waals surface area (Å²) < 4.78 is 5.34. The first-order valence-electron chi connectivity index (χ1n) is 5.72. The van der Waals surface area contributed by atoms with E-state index in [1.165, 1.54) is 0 Å². The lowest BCUT2D eigenvalue weighted by Gasteiger charge is -2.23. The molecule has 0 aromatic heterocycles. The monoisotopic (exact) mass is 223 g/mol. The first-order valence-corrected chi connectivity index (χ1v) is 5.72. The molecule has 3 nitrogen and oxygen atoms in total. The van der Waals surface area contributed by atoms with Crippen molar-refractivity contribution < 1.29 is 9.84 Å². The SMILES string of the molecule is CCC(NC(C)CO)c1ccccc1OC. The zero-order valence-electron chi connectivity index (χ0n) is 10.2. The number of aliphatic hydroxyl groups is 1. The third kappa shape index (κ3) is 3.22. The Kier molecular flexibility index (Phi) is 5.29. The standard InChI is InChI=1S/C13H21NO2/c1-4-12(14-10(2)9-15)11-7-5-6-8-13(11)16-3/h5-8,10,12,14-15H,4,9H2,1-3H3. The molecule has 0 fully saturated rings. The van der Waals surface area contributed by atoms with Crippen molar-refractivity contribution in [1.29, 1.82) is 0 Å². The van der Waals surface area contributed by atoms with Gasteiger partial charge >= 0.3 is 0 Å². The summed E-state index contributed by atoms with van der Waals surface area (Å²) in [5.74, 6) is 0.895. The van der Waals surface area contributed by atoms with Crippen LogP contribution in [0.15, 0.2) is 24.3 Å². The Morgan fingerprint density at radius 3 is 2.62 bits per heavy atom. The van der Waals surface area contributed by atoms with Gasteiger partial charge in [-0.1, -0.05) is 25.1 Å². The number of para-hydroxylation sites is 1. The summed E-state index contributed by atoms with van der Waals surface area (Å²) in [5, 5.41) is 12.4. The van der Waals surface area contributed by atoms with Crippen molar-refractivity contribution in [3.05, 3.63) is 29.8 Å². The molecule has 16 heavy (non-hydrogen) atoms. The van der Waals surface area contributed by atoms with Gasteiger partial charge in [0.25, 0.3) is 0 Å². The zero-order chi connectivity index (χ0) is 12.0. The van der Waals surface area contributed by atoms with Gasteiger partial charge in [-0.2, -0.15) is 0 Å². The fourth-order valence-electron chi connectivity index (χ4n) is 1.78. The first-order chi connectivity index (χ1) is 7.72. The minimum atomic E-state index is 0.0925. The van der Waals surface area contributed by atoms with Crippen LogP contribution in [0.25, 0.3) is 0 Å². The highest BCUT2D eigenvalue weighted by molar-refractivity contribution is 5.35. The number of methoxy groups -OCH3 is 1. The Labute approximate surface area is 97.4 Å². The molecule has 0 saturated carbocycles. The molecule has 0 aliphatic carbocycles. The van der Waals surface area contributed by atoms with Crippen LogP contribution in [0, 0.1) is 0 Å². The van der Waals surface area contributed by atoms with E-state index in [0.29, 0.717) is 0 Å². The van der Waals surface area contributed by atoms with Gasteiger partial charge in [0.05, 0.1) is 13.7 Å². The van der Waals surface area contributed by atoms with Crippen LogP contribution in [0.1, 0.15) is 31.9 Å². The van der Waals surface area contributed by atoms with Crippen molar-refractivity contribution >= 4 is 0 Å². The third-order valence-corrected chi connectivity index (χ3v) is 2.68. The highest BCUT2D eigenvalue weighted by atomic mass is 16.5. The van der Waals surface area contributed by atoms with Crippen LogP contribution < -0.4 is 10.1 Å². The molecule has 0 bridgehead atoms. The van der Waals surface area contributed by atoms with Gasteiger partial charge in [-0.05, 0) is 19.4 Å². The molecule has 0 aliphatic heterocycles. The van der Waals surface area contributed by atoms with Crippen LogP contribution >= 0.6 is 0 Å². The van der Waals surface area contributed by atoms with Gasteiger partial charge in [0.15, 0.2) is 0 Å². The smallest absolute Gasteiger partial charge is 0.123 e.